The number of hydrogen-bond acceptors (Lipinski definition) is 6. The van der Waals surface area contributed by atoms with Crippen LogP contribution in [0.2, 0.25) is 0 Å². The molecule has 0 atom stereocenters. The summed E-state index contributed by atoms with van der Waals surface area (Å²) in [5, 5.41) is 15.5. The fraction of sp³-hybridized carbons (Fsp3) is 0. The van der Waals surface area contributed by atoms with E-state index < -0.39 is 10.8 Å². The number of anilines is 1. The van der Waals surface area contributed by atoms with E-state index in [0.717, 1.165) is 0 Å². The van der Waals surface area contributed by atoms with Crippen molar-refractivity contribution in [2.24, 2.45) is 0 Å². The van der Waals surface area contributed by atoms with Crippen molar-refractivity contribution >= 4 is 28.1 Å². The first-order chi connectivity index (χ1) is 10.6. The van der Waals surface area contributed by atoms with E-state index in [9.17, 15) is 14.9 Å². The minimum absolute atomic E-state index is 0.00771. The number of carbonyl (C=O) groups is 1. The summed E-state index contributed by atoms with van der Waals surface area (Å²) < 4.78 is 4.99. The second kappa shape index (κ2) is 5.78. The average molecular weight is 315 g/mol. The first kappa shape index (κ1) is 14.0. The molecule has 2 aromatic heterocycles. The first-order valence-corrected chi connectivity index (χ1v) is 7.06. The molecule has 3 rings (SSSR count). The monoisotopic (exact) mass is 315 g/mol. The third-order valence-corrected chi connectivity index (χ3v) is 3.58. The zero-order chi connectivity index (χ0) is 15.5. The van der Waals surface area contributed by atoms with Crippen LogP contribution in [0.15, 0.2) is 52.5 Å². The zero-order valence-corrected chi connectivity index (χ0v) is 11.9. The van der Waals surface area contributed by atoms with Crippen LogP contribution in [0.4, 0.5) is 10.8 Å². The SMILES string of the molecule is O=C(Nc1nc(-c2cccc([N+](=O)[O-])c2)cs1)c1ccco1. The predicted molar refractivity (Wildman–Crippen MR) is 80.9 cm³/mol. The molecule has 0 aliphatic rings. The van der Waals surface area contributed by atoms with Gasteiger partial charge in [0.2, 0.25) is 0 Å². The largest absolute Gasteiger partial charge is 0.459 e. The Morgan fingerprint density at radius 2 is 2.18 bits per heavy atom. The van der Waals surface area contributed by atoms with Gasteiger partial charge in [-0.3, -0.25) is 20.2 Å². The van der Waals surface area contributed by atoms with Crippen molar-refractivity contribution in [3.8, 4) is 11.3 Å². The van der Waals surface area contributed by atoms with Gasteiger partial charge in [0.1, 0.15) is 0 Å². The number of hydrogen-bond donors (Lipinski definition) is 1. The van der Waals surface area contributed by atoms with Crippen molar-refractivity contribution in [2.75, 3.05) is 5.32 Å². The van der Waals surface area contributed by atoms with E-state index in [1.165, 1.54) is 29.7 Å². The van der Waals surface area contributed by atoms with Gasteiger partial charge in [-0.05, 0) is 12.1 Å². The van der Waals surface area contributed by atoms with Crippen LogP contribution in [0.1, 0.15) is 10.6 Å². The normalized spacial score (nSPS) is 10.4. The predicted octanol–water partition coefficient (Wildman–Crippen LogP) is 3.56. The van der Waals surface area contributed by atoms with Crippen molar-refractivity contribution in [1.82, 2.24) is 4.98 Å². The second-order valence-corrected chi connectivity index (χ2v) is 5.13. The molecule has 22 heavy (non-hydrogen) atoms. The highest BCUT2D eigenvalue weighted by atomic mass is 32.1. The van der Waals surface area contributed by atoms with Gasteiger partial charge >= 0.3 is 0 Å². The molecule has 2 heterocycles. The number of rotatable bonds is 4. The lowest BCUT2D eigenvalue weighted by atomic mass is 10.1. The number of nitrogens with one attached hydrogen (secondary N) is 1. The number of furan rings is 1. The van der Waals surface area contributed by atoms with Gasteiger partial charge in [0.25, 0.3) is 11.6 Å². The zero-order valence-electron chi connectivity index (χ0n) is 11.1. The molecule has 0 aliphatic carbocycles. The number of benzene rings is 1. The van der Waals surface area contributed by atoms with Crippen LogP contribution >= 0.6 is 11.3 Å². The van der Waals surface area contributed by atoms with Crippen molar-refractivity contribution in [1.29, 1.82) is 0 Å². The quantitative estimate of drug-likeness (QED) is 0.586. The Hall–Kier alpha value is -3.00. The van der Waals surface area contributed by atoms with E-state index in [1.807, 2.05) is 0 Å². The lowest BCUT2D eigenvalue weighted by Crippen LogP contribution is -2.10. The maximum Gasteiger partial charge on any atom is 0.293 e. The number of amides is 1. The first-order valence-electron chi connectivity index (χ1n) is 6.19. The molecule has 0 radical (unpaired) electrons. The van der Waals surface area contributed by atoms with Crippen LogP contribution in [-0.2, 0) is 0 Å². The number of carbonyl (C=O) groups excluding carboxylic acids is 1. The van der Waals surface area contributed by atoms with Crippen molar-refractivity contribution in [3.05, 3.63) is 63.9 Å². The minimum atomic E-state index is -0.463. The number of nitro benzene ring substituents is 1. The third kappa shape index (κ3) is 2.86. The lowest BCUT2D eigenvalue weighted by Gasteiger charge is -1.98. The van der Waals surface area contributed by atoms with Crippen molar-refractivity contribution < 1.29 is 14.1 Å². The Morgan fingerprint density at radius 1 is 1.32 bits per heavy atom. The molecular weight excluding hydrogens is 306 g/mol. The van der Waals surface area contributed by atoms with E-state index in [-0.39, 0.29) is 11.4 Å². The summed E-state index contributed by atoms with van der Waals surface area (Å²) in [6, 6.07) is 9.33. The highest BCUT2D eigenvalue weighted by molar-refractivity contribution is 7.14. The molecular formula is C14H9N3O4S. The van der Waals surface area contributed by atoms with E-state index in [2.05, 4.69) is 10.3 Å². The van der Waals surface area contributed by atoms with Gasteiger partial charge in [-0.15, -0.1) is 11.3 Å². The van der Waals surface area contributed by atoms with Crippen LogP contribution < -0.4 is 5.32 Å². The van der Waals surface area contributed by atoms with E-state index >= 15 is 0 Å². The summed E-state index contributed by atoms with van der Waals surface area (Å²) in [4.78, 5) is 26.4. The molecule has 0 unspecified atom stereocenters. The minimum Gasteiger partial charge on any atom is -0.459 e. The molecule has 1 N–H and O–H groups in total. The maximum atomic E-state index is 11.8. The highest BCUT2D eigenvalue weighted by Gasteiger charge is 2.13. The Bertz CT molecular complexity index is 826. The molecule has 3 aromatic rings. The summed E-state index contributed by atoms with van der Waals surface area (Å²) in [5.41, 5.74) is 1.17. The van der Waals surface area contributed by atoms with Gasteiger partial charge in [0.05, 0.1) is 16.9 Å². The number of nitrogens with zero attached hydrogens (tertiary/aromatic N) is 2. The topological polar surface area (TPSA) is 98.3 Å². The molecule has 1 aromatic carbocycles. The van der Waals surface area contributed by atoms with Gasteiger partial charge < -0.3 is 4.42 Å². The van der Waals surface area contributed by atoms with Crippen LogP contribution in [0.5, 0.6) is 0 Å². The summed E-state index contributed by atoms with van der Waals surface area (Å²) >= 11 is 1.23. The van der Waals surface area contributed by atoms with Crippen LogP contribution in [-0.4, -0.2) is 15.8 Å². The molecule has 1 amide bonds. The Morgan fingerprint density at radius 3 is 2.91 bits per heavy atom. The molecule has 0 bridgehead atoms. The fourth-order valence-corrected chi connectivity index (χ4v) is 2.52. The van der Waals surface area contributed by atoms with Gasteiger partial charge in [-0.2, -0.15) is 0 Å². The second-order valence-electron chi connectivity index (χ2n) is 4.28. The van der Waals surface area contributed by atoms with Crippen LogP contribution in [0.3, 0.4) is 0 Å². The Kier molecular flexibility index (Phi) is 3.67. The highest BCUT2D eigenvalue weighted by Crippen LogP contribution is 2.27. The van der Waals surface area contributed by atoms with Crippen molar-refractivity contribution in [2.45, 2.75) is 0 Å². The van der Waals surface area contributed by atoms with Crippen LogP contribution in [0, 0.1) is 10.1 Å². The summed E-state index contributed by atoms with van der Waals surface area (Å²) in [5.74, 6) is -0.211. The third-order valence-electron chi connectivity index (χ3n) is 2.82. The summed E-state index contributed by atoms with van der Waals surface area (Å²) in [6.45, 7) is 0. The summed E-state index contributed by atoms with van der Waals surface area (Å²) in [7, 11) is 0. The van der Waals surface area contributed by atoms with Gasteiger partial charge in [0.15, 0.2) is 10.9 Å². The van der Waals surface area contributed by atoms with Gasteiger partial charge in [-0.1, -0.05) is 12.1 Å². The number of non-ortho nitro benzene ring substituents is 1. The number of aromatic nitrogens is 1. The standard InChI is InChI=1S/C14H9N3O4S/c18-13(12-5-2-6-21-12)16-14-15-11(8-22-14)9-3-1-4-10(7-9)17(19)20/h1-8H,(H,15,16,18). The van der Waals surface area contributed by atoms with E-state index in [0.29, 0.717) is 16.4 Å². The molecule has 8 heteroatoms. The smallest absolute Gasteiger partial charge is 0.293 e. The number of nitro groups is 1. The fourth-order valence-electron chi connectivity index (χ4n) is 1.81. The Balaban J connectivity index is 1.80. The van der Waals surface area contributed by atoms with Gasteiger partial charge in [0, 0.05) is 23.1 Å². The van der Waals surface area contributed by atoms with Gasteiger partial charge in [-0.25, -0.2) is 4.98 Å². The molecule has 0 saturated carbocycles. The number of thiazole rings is 1. The average Bonchev–Trinajstić information content (AvgIpc) is 3.19. The molecule has 7 nitrogen and oxygen atoms in total. The molecule has 0 aliphatic heterocycles. The molecule has 0 spiro atoms. The van der Waals surface area contributed by atoms with E-state index in [4.69, 9.17) is 4.42 Å². The van der Waals surface area contributed by atoms with Crippen molar-refractivity contribution in [3.63, 3.8) is 0 Å². The Labute approximate surface area is 128 Å². The summed E-state index contributed by atoms with van der Waals surface area (Å²) in [6.07, 6.45) is 1.41. The van der Waals surface area contributed by atoms with E-state index in [1.54, 1.807) is 29.6 Å². The molecule has 0 saturated heterocycles. The molecule has 0 fully saturated rings. The maximum absolute atomic E-state index is 11.8. The lowest BCUT2D eigenvalue weighted by molar-refractivity contribution is -0.384. The molecule has 110 valence electrons. The van der Waals surface area contributed by atoms with Crippen LogP contribution in [0.25, 0.3) is 11.3 Å².